The first-order valence-electron chi connectivity index (χ1n) is 1.72. The Bertz CT molecular complexity index is 37.8. The van der Waals surface area contributed by atoms with Crippen LogP contribution in [0.5, 0.6) is 0 Å². The molecule has 0 unspecified atom stereocenters. The van der Waals surface area contributed by atoms with Gasteiger partial charge in [0.05, 0.1) is 7.17 Å². The molecule has 0 saturated carbocycles. The van der Waals surface area contributed by atoms with E-state index in [1.54, 1.807) is 7.17 Å². The van der Waals surface area contributed by atoms with Crippen LogP contribution >= 0.6 is 0 Å². The minimum atomic E-state index is 0.427. The van der Waals surface area contributed by atoms with E-state index in [9.17, 15) is 4.79 Å². The molecule has 0 aliphatic rings. The minimum absolute atomic E-state index is 0.427. The van der Waals surface area contributed by atoms with Crippen molar-refractivity contribution in [3.8, 4) is 0 Å². The smallest absolute Gasteiger partial charge is 0.111 e. The summed E-state index contributed by atoms with van der Waals surface area (Å²) < 4.78 is 0. The van der Waals surface area contributed by atoms with Crippen LogP contribution in [0.25, 0.3) is 0 Å². The van der Waals surface area contributed by atoms with Gasteiger partial charge in [0.1, 0.15) is 6.29 Å². The maximum Gasteiger partial charge on any atom is 0.111 e. The van der Waals surface area contributed by atoms with Gasteiger partial charge in [-0.25, -0.2) is 0 Å². The minimum Gasteiger partial charge on any atom is -0.304 e. The van der Waals surface area contributed by atoms with Crippen LogP contribution < -0.4 is 0 Å². The molecule has 0 rings (SSSR count). The van der Waals surface area contributed by atoms with Gasteiger partial charge in [-0.3, -0.25) is 0 Å². The summed E-state index contributed by atoms with van der Waals surface area (Å²) >= 11 is 0. The fourth-order valence-electron chi connectivity index (χ4n) is 0.134. The highest BCUT2D eigenvalue weighted by Gasteiger charge is 1.79. The van der Waals surface area contributed by atoms with E-state index in [2.05, 4.69) is 0 Å². The lowest BCUT2D eigenvalue weighted by atomic mass is 9.27. The van der Waals surface area contributed by atoms with Crippen LogP contribution in [-0.4, -0.2) is 28.3 Å². The van der Waals surface area contributed by atoms with Crippen molar-refractivity contribution < 1.29 is 4.79 Å². The molecule has 6 heavy (non-hydrogen) atoms. The molecule has 0 heterocycles. The molecule has 0 aliphatic heterocycles. The molecule has 0 aromatic carbocycles. The van der Waals surface area contributed by atoms with Gasteiger partial charge in [0.2, 0.25) is 0 Å². The van der Waals surface area contributed by atoms with Crippen LogP contribution in [0.1, 0.15) is 0 Å². The van der Waals surface area contributed by atoms with Gasteiger partial charge in [-0.15, -0.1) is 0 Å². The summed E-state index contributed by atoms with van der Waals surface area (Å²) in [6, 6.07) is 0. The topological polar surface area (TPSA) is 17.1 Å². The Balaban J connectivity index is 2.49. The third-order valence-corrected chi connectivity index (χ3v) is 0.368. The van der Waals surface area contributed by atoms with E-state index in [-0.39, 0.29) is 0 Å². The molecule has 0 amide bonds. The van der Waals surface area contributed by atoms with E-state index in [4.69, 9.17) is 7.74 Å². The Morgan fingerprint density at radius 2 is 2.50 bits per heavy atom. The summed E-state index contributed by atoms with van der Waals surface area (Å²) in [5.41, 5.74) is 0. The maximum absolute atomic E-state index is 9.46. The zero-order valence-electron chi connectivity index (χ0n) is 3.42. The average Bonchev–Trinajstić information content (AvgIpc) is 1.61. The molecule has 0 N–H and O–H groups in total. The summed E-state index contributed by atoms with van der Waals surface area (Å²) in [4.78, 5) is 9.46. The second kappa shape index (κ2) is 4.86. The summed E-state index contributed by atoms with van der Waals surface area (Å²) in [5, 5.41) is 0. The van der Waals surface area contributed by atoms with E-state index in [0.29, 0.717) is 6.32 Å². The fourth-order valence-corrected chi connectivity index (χ4v) is 0.134. The molecule has 0 aromatic rings. The monoisotopic (exact) mass is 76.0 g/mol. The Morgan fingerprint density at radius 3 is 2.67 bits per heavy atom. The second-order valence-electron chi connectivity index (χ2n) is 0.831. The lowest BCUT2D eigenvalue weighted by Crippen LogP contribution is -2.01. The number of aldehydes is 1. The highest BCUT2D eigenvalue weighted by atomic mass is 16.1. The van der Waals surface area contributed by atoms with Crippen LogP contribution in [0.4, 0.5) is 0 Å². The number of hydrogen-bond acceptors (Lipinski definition) is 1. The SMILES string of the molecule is [B][B][B]CC=O. The molecule has 0 fully saturated rings. The molecule has 0 saturated heterocycles. The highest BCUT2D eigenvalue weighted by Crippen LogP contribution is 1.61. The van der Waals surface area contributed by atoms with E-state index in [1.807, 2.05) is 0 Å². The van der Waals surface area contributed by atoms with Crippen LogP contribution in [0, 0.1) is 0 Å². The van der Waals surface area contributed by atoms with Gasteiger partial charge in [0, 0.05) is 14.8 Å². The number of hydrogen-bond donors (Lipinski definition) is 0. The van der Waals surface area contributed by atoms with E-state index in [0.717, 1.165) is 6.29 Å². The fraction of sp³-hybridized carbons (Fsp3) is 0.500. The van der Waals surface area contributed by atoms with Crippen molar-refractivity contribution in [2.45, 2.75) is 6.32 Å². The van der Waals surface area contributed by atoms with E-state index >= 15 is 0 Å². The quantitative estimate of drug-likeness (QED) is 0.239. The van der Waals surface area contributed by atoms with Crippen molar-refractivity contribution >= 4 is 28.3 Å². The lowest BCUT2D eigenvalue weighted by Gasteiger charge is -1.74. The molecule has 0 bridgehead atoms. The number of carbonyl (C=O) groups excluding carboxylic acids is 1. The Kier molecular flexibility index (Phi) is 4.76. The molecule has 26 valence electrons. The Labute approximate surface area is 40.4 Å². The first kappa shape index (κ1) is 5.86. The highest BCUT2D eigenvalue weighted by molar-refractivity contribution is 7.24. The summed E-state index contributed by atoms with van der Waals surface area (Å²) in [5.74, 6) is 0. The molecule has 0 atom stereocenters. The van der Waals surface area contributed by atoms with Gasteiger partial charge >= 0.3 is 0 Å². The standard InChI is InChI=1S/C2H3B3O/c3-5-4-1-2-6/h2H,1H2. The first-order chi connectivity index (χ1) is 2.91. The molecule has 4 heteroatoms. The Morgan fingerprint density at radius 1 is 1.83 bits per heavy atom. The van der Waals surface area contributed by atoms with Crippen LogP contribution in [0.15, 0.2) is 0 Å². The second-order valence-corrected chi connectivity index (χ2v) is 0.831. The molecule has 0 aliphatic carbocycles. The maximum atomic E-state index is 9.46. The molecule has 4 radical (unpaired) electrons. The van der Waals surface area contributed by atoms with Crippen LogP contribution in [0.3, 0.4) is 0 Å². The van der Waals surface area contributed by atoms with Crippen LogP contribution in [-0.2, 0) is 4.79 Å². The summed E-state index contributed by atoms with van der Waals surface area (Å²) in [6.45, 7) is 0. The molecule has 0 spiro atoms. The van der Waals surface area contributed by atoms with Crippen LogP contribution in [0.2, 0.25) is 6.32 Å². The predicted molar refractivity (Wildman–Crippen MR) is 28.1 cm³/mol. The van der Waals surface area contributed by atoms with Gasteiger partial charge in [0.25, 0.3) is 0 Å². The predicted octanol–water partition coefficient (Wildman–Crippen LogP) is -0.990. The van der Waals surface area contributed by atoms with Crippen molar-refractivity contribution in [2.24, 2.45) is 0 Å². The third-order valence-electron chi connectivity index (χ3n) is 0.368. The van der Waals surface area contributed by atoms with Crippen molar-refractivity contribution in [1.29, 1.82) is 0 Å². The van der Waals surface area contributed by atoms with Gasteiger partial charge in [-0.2, -0.15) is 0 Å². The number of rotatable bonds is 3. The third kappa shape index (κ3) is 3.86. The molecule has 0 aromatic heterocycles. The molecular weight excluding hydrogens is 72.5 g/mol. The van der Waals surface area contributed by atoms with Crippen molar-refractivity contribution in [3.63, 3.8) is 0 Å². The Hall–Kier alpha value is -0.135. The first-order valence-corrected chi connectivity index (χ1v) is 1.72. The zero-order chi connectivity index (χ0) is 4.83. The van der Waals surface area contributed by atoms with Gasteiger partial charge in [0.15, 0.2) is 0 Å². The lowest BCUT2D eigenvalue weighted by molar-refractivity contribution is -0.106. The van der Waals surface area contributed by atoms with Crippen molar-refractivity contribution in [1.82, 2.24) is 0 Å². The zero-order valence-corrected chi connectivity index (χ0v) is 3.42. The molecule has 1 nitrogen and oxygen atoms in total. The van der Waals surface area contributed by atoms with E-state index in [1.165, 1.54) is 7.06 Å². The normalized spacial score (nSPS) is 6.67. The number of carbonyl (C=O) groups is 1. The summed E-state index contributed by atoms with van der Waals surface area (Å²) in [6.07, 6.45) is 1.22. The van der Waals surface area contributed by atoms with Gasteiger partial charge in [-0.1, -0.05) is 0 Å². The average molecular weight is 75.5 g/mol. The largest absolute Gasteiger partial charge is 0.304 e. The van der Waals surface area contributed by atoms with Gasteiger partial charge < -0.3 is 4.79 Å². The van der Waals surface area contributed by atoms with Gasteiger partial charge in [-0.05, 0) is 6.32 Å². The summed E-state index contributed by atoms with van der Waals surface area (Å²) in [7, 11) is 7.82. The van der Waals surface area contributed by atoms with E-state index < -0.39 is 0 Å². The van der Waals surface area contributed by atoms with Crippen molar-refractivity contribution in [2.75, 3.05) is 0 Å². The van der Waals surface area contributed by atoms with Crippen molar-refractivity contribution in [3.05, 3.63) is 0 Å². The molecular formula is C2H3B3O.